The standard InChI is InChI=1S/C21H30O9/c1-8-5-12(23)14-9(2)20(27)30-19(14)15-10(3-4-11(8)15)7-28-21-18(26)17(25)16(24)13(6-22)29-21/h3,9,12-19,21-26H,4-7H2,1-2H3. The van der Waals surface area contributed by atoms with E-state index in [2.05, 4.69) is 0 Å². The van der Waals surface area contributed by atoms with Gasteiger partial charge in [0.15, 0.2) is 6.29 Å². The lowest BCUT2D eigenvalue weighted by molar-refractivity contribution is -0.299. The molecule has 2 fully saturated rings. The molecule has 4 aliphatic rings. The lowest BCUT2D eigenvalue weighted by Crippen LogP contribution is -2.59. The normalized spacial score (nSPS) is 46.2. The Bertz CT molecular complexity index is 745. The maximum absolute atomic E-state index is 12.2. The van der Waals surface area contributed by atoms with Gasteiger partial charge in [-0.1, -0.05) is 24.1 Å². The minimum atomic E-state index is -1.51. The highest BCUT2D eigenvalue weighted by Gasteiger charge is 2.53. The SMILES string of the molecule is CC1=C2CC=C(COC3OC(CO)C(O)C(O)C3O)C2C2OC(=O)C(C)C2C(O)C1. The molecule has 168 valence electrons. The molecular weight excluding hydrogens is 396 g/mol. The van der Waals surface area contributed by atoms with Gasteiger partial charge < -0.3 is 39.7 Å². The van der Waals surface area contributed by atoms with E-state index in [1.165, 1.54) is 0 Å². The highest BCUT2D eigenvalue weighted by molar-refractivity contribution is 5.75. The Labute approximate surface area is 174 Å². The van der Waals surface area contributed by atoms with E-state index >= 15 is 0 Å². The van der Waals surface area contributed by atoms with E-state index in [9.17, 15) is 30.3 Å². The van der Waals surface area contributed by atoms with Crippen molar-refractivity contribution in [1.29, 1.82) is 0 Å². The maximum atomic E-state index is 12.2. The summed E-state index contributed by atoms with van der Waals surface area (Å²) in [7, 11) is 0. The summed E-state index contributed by atoms with van der Waals surface area (Å²) in [5.74, 6) is -1.25. The number of ether oxygens (including phenoxy) is 3. The second-order valence-corrected chi connectivity index (χ2v) is 8.81. The quantitative estimate of drug-likeness (QED) is 0.282. The third-order valence-electron chi connectivity index (χ3n) is 7.04. The summed E-state index contributed by atoms with van der Waals surface area (Å²) in [4.78, 5) is 12.2. The van der Waals surface area contributed by atoms with Crippen LogP contribution in [0.2, 0.25) is 0 Å². The average Bonchev–Trinajstić information content (AvgIpc) is 3.23. The number of rotatable bonds is 4. The fraction of sp³-hybridized carbons (Fsp3) is 0.762. The molecule has 9 heteroatoms. The van der Waals surface area contributed by atoms with E-state index in [0.29, 0.717) is 12.8 Å². The summed E-state index contributed by atoms with van der Waals surface area (Å²) >= 11 is 0. The van der Waals surface area contributed by atoms with Gasteiger partial charge in [0.2, 0.25) is 0 Å². The Morgan fingerprint density at radius 1 is 1.17 bits per heavy atom. The number of aliphatic hydroxyl groups is 5. The molecule has 0 aromatic heterocycles. The molecule has 4 rings (SSSR count). The first kappa shape index (κ1) is 21.9. The first-order valence-electron chi connectivity index (χ1n) is 10.4. The van der Waals surface area contributed by atoms with E-state index in [-0.39, 0.29) is 24.4 Å². The maximum Gasteiger partial charge on any atom is 0.309 e. The van der Waals surface area contributed by atoms with E-state index in [4.69, 9.17) is 14.2 Å². The fourth-order valence-electron chi connectivity index (χ4n) is 5.28. The first-order chi connectivity index (χ1) is 14.2. The van der Waals surface area contributed by atoms with Crippen molar-refractivity contribution in [3.05, 3.63) is 22.8 Å². The molecule has 2 aliphatic carbocycles. The summed E-state index contributed by atoms with van der Waals surface area (Å²) in [6, 6.07) is 0. The van der Waals surface area contributed by atoms with Crippen molar-refractivity contribution < 1.29 is 44.5 Å². The monoisotopic (exact) mass is 426 g/mol. The average molecular weight is 426 g/mol. The summed E-state index contributed by atoms with van der Waals surface area (Å²) in [5, 5.41) is 50.1. The van der Waals surface area contributed by atoms with Gasteiger partial charge >= 0.3 is 5.97 Å². The molecule has 0 saturated carbocycles. The third-order valence-corrected chi connectivity index (χ3v) is 7.04. The smallest absolute Gasteiger partial charge is 0.309 e. The molecule has 9 nitrogen and oxygen atoms in total. The number of esters is 1. The van der Waals surface area contributed by atoms with Gasteiger partial charge in [-0.2, -0.15) is 0 Å². The van der Waals surface area contributed by atoms with E-state index in [1.807, 2.05) is 13.0 Å². The minimum Gasteiger partial charge on any atom is -0.461 e. The molecule has 30 heavy (non-hydrogen) atoms. The van der Waals surface area contributed by atoms with Crippen molar-refractivity contribution in [2.75, 3.05) is 13.2 Å². The third kappa shape index (κ3) is 3.52. The zero-order valence-electron chi connectivity index (χ0n) is 17.0. The molecule has 0 amide bonds. The topological polar surface area (TPSA) is 146 Å². The number of carbonyl (C=O) groups excluding carboxylic acids is 1. The highest BCUT2D eigenvalue weighted by Crippen LogP contribution is 2.49. The second kappa shape index (κ2) is 8.31. The molecule has 2 aliphatic heterocycles. The lowest BCUT2D eigenvalue weighted by atomic mass is 9.79. The Balaban J connectivity index is 1.52. The molecule has 0 spiro atoms. The van der Waals surface area contributed by atoms with Crippen molar-refractivity contribution in [2.45, 2.75) is 69.6 Å². The van der Waals surface area contributed by atoms with Crippen molar-refractivity contribution in [3.63, 3.8) is 0 Å². The van der Waals surface area contributed by atoms with Gasteiger partial charge in [-0.25, -0.2) is 0 Å². The van der Waals surface area contributed by atoms with Crippen molar-refractivity contribution in [1.82, 2.24) is 0 Å². The summed E-state index contributed by atoms with van der Waals surface area (Å²) in [6.45, 7) is 3.28. The molecule has 0 bridgehead atoms. The Kier molecular flexibility index (Phi) is 6.06. The highest BCUT2D eigenvalue weighted by atomic mass is 16.7. The van der Waals surface area contributed by atoms with E-state index in [0.717, 1.165) is 16.7 Å². The Morgan fingerprint density at radius 2 is 1.90 bits per heavy atom. The Morgan fingerprint density at radius 3 is 2.60 bits per heavy atom. The number of fused-ring (bicyclic) bond motifs is 3. The van der Waals surface area contributed by atoms with Gasteiger partial charge in [-0.15, -0.1) is 0 Å². The van der Waals surface area contributed by atoms with Crippen LogP contribution in [-0.4, -0.2) is 87.6 Å². The van der Waals surface area contributed by atoms with Gasteiger partial charge in [0.25, 0.3) is 0 Å². The molecular formula is C21H30O9. The van der Waals surface area contributed by atoms with E-state index in [1.54, 1.807) is 6.92 Å². The number of hydrogen-bond donors (Lipinski definition) is 5. The molecule has 2 saturated heterocycles. The van der Waals surface area contributed by atoms with Crippen LogP contribution >= 0.6 is 0 Å². The molecule has 0 radical (unpaired) electrons. The van der Waals surface area contributed by atoms with Gasteiger partial charge in [0.1, 0.15) is 30.5 Å². The summed E-state index contributed by atoms with van der Waals surface area (Å²) in [5.41, 5.74) is 3.03. The van der Waals surface area contributed by atoms with Crippen LogP contribution in [-0.2, 0) is 19.0 Å². The van der Waals surface area contributed by atoms with Crippen LogP contribution in [0.15, 0.2) is 22.8 Å². The lowest BCUT2D eigenvalue weighted by Gasteiger charge is -2.39. The predicted octanol–water partition coefficient (Wildman–Crippen LogP) is -0.992. The zero-order valence-corrected chi connectivity index (χ0v) is 17.0. The van der Waals surface area contributed by atoms with Gasteiger partial charge in [0.05, 0.1) is 25.2 Å². The van der Waals surface area contributed by atoms with Gasteiger partial charge in [-0.3, -0.25) is 4.79 Å². The zero-order chi connectivity index (χ0) is 21.7. The van der Waals surface area contributed by atoms with Crippen molar-refractivity contribution >= 4 is 5.97 Å². The van der Waals surface area contributed by atoms with E-state index < -0.39 is 55.4 Å². The first-order valence-corrected chi connectivity index (χ1v) is 10.4. The summed E-state index contributed by atoms with van der Waals surface area (Å²) in [6.07, 6.45) is -4.71. The van der Waals surface area contributed by atoms with Crippen molar-refractivity contribution in [2.24, 2.45) is 17.8 Å². The Hall–Kier alpha value is -1.33. The number of hydrogen-bond acceptors (Lipinski definition) is 9. The van der Waals surface area contributed by atoms with Gasteiger partial charge in [0, 0.05) is 11.8 Å². The van der Waals surface area contributed by atoms with Crippen LogP contribution < -0.4 is 0 Å². The van der Waals surface area contributed by atoms with Crippen LogP contribution in [0.25, 0.3) is 0 Å². The largest absolute Gasteiger partial charge is 0.461 e. The molecule has 10 atom stereocenters. The molecule has 0 aromatic carbocycles. The number of allylic oxidation sites excluding steroid dienone is 1. The van der Waals surface area contributed by atoms with Crippen LogP contribution in [0.4, 0.5) is 0 Å². The van der Waals surface area contributed by atoms with Gasteiger partial charge in [-0.05, 0) is 25.3 Å². The fourth-order valence-corrected chi connectivity index (χ4v) is 5.28. The number of carbonyl (C=O) groups is 1. The molecule has 2 heterocycles. The molecule has 0 aromatic rings. The predicted molar refractivity (Wildman–Crippen MR) is 102 cm³/mol. The molecule has 5 N–H and O–H groups in total. The van der Waals surface area contributed by atoms with Crippen molar-refractivity contribution in [3.8, 4) is 0 Å². The minimum absolute atomic E-state index is 0.0510. The molecule has 10 unspecified atom stereocenters. The van der Waals surface area contributed by atoms with Crippen LogP contribution in [0.5, 0.6) is 0 Å². The van der Waals surface area contributed by atoms with Crippen LogP contribution in [0.3, 0.4) is 0 Å². The summed E-state index contributed by atoms with van der Waals surface area (Å²) < 4.78 is 16.8. The number of aliphatic hydroxyl groups excluding tert-OH is 5. The van der Waals surface area contributed by atoms with Crippen LogP contribution in [0, 0.1) is 17.8 Å². The second-order valence-electron chi connectivity index (χ2n) is 8.81. The van der Waals surface area contributed by atoms with Crippen LogP contribution in [0.1, 0.15) is 26.7 Å².